The molecule has 4 aromatic rings. The lowest BCUT2D eigenvalue weighted by Gasteiger charge is -2.07. The molecule has 0 atom stereocenters. The molecule has 3 nitrogen and oxygen atoms in total. The summed E-state index contributed by atoms with van der Waals surface area (Å²) in [6.45, 7) is 4.34. The number of aromatic nitrogens is 2. The van der Waals surface area contributed by atoms with Crippen LogP contribution in [0.4, 0.5) is 0 Å². The van der Waals surface area contributed by atoms with Gasteiger partial charge >= 0.3 is 0 Å². The van der Waals surface area contributed by atoms with E-state index in [1.54, 1.807) is 19.5 Å². The van der Waals surface area contributed by atoms with Gasteiger partial charge in [0.1, 0.15) is 5.75 Å². The summed E-state index contributed by atoms with van der Waals surface area (Å²) in [6.07, 6.45) is 4.53. The lowest BCUT2D eigenvalue weighted by molar-refractivity contribution is 0.413. The minimum atomic E-state index is 0.713. The number of nitrogens with one attached hydrogen (secondary N) is 1. The van der Waals surface area contributed by atoms with Crippen molar-refractivity contribution in [3.8, 4) is 28.1 Å². The van der Waals surface area contributed by atoms with Gasteiger partial charge < -0.3 is 9.72 Å². The zero-order valence-electron chi connectivity index (χ0n) is 15.6. The van der Waals surface area contributed by atoms with Crippen LogP contribution in [0.5, 0.6) is 5.75 Å². The third-order valence-corrected chi connectivity index (χ3v) is 5.44. The summed E-state index contributed by atoms with van der Waals surface area (Å²) in [5.74, 6) is 0.713. The Morgan fingerprint density at radius 3 is 2.63 bits per heavy atom. The summed E-state index contributed by atoms with van der Waals surface area (Å²) in [5, 5.41) is 1.72. The molecule has 136 valence electrons. The molecule has 0 amide bonds. The highest BCUT2D eigenvalue weighted by atomic mass is 35.5. The van der Waals surface area contributed by atoms with Gasteiger partial charge in [0, 0.05) is 33.9 Å². The van der Waals surface area contributed by atoms with Crippen LogP contribution >= 0.6 is 11.6 Å². The highest BCUT2D eigenvalue weighted by molar-refractivity contribution is 6.38. The van der Waals surface area contributed by atoms with Crippen LogP contribution in [0.3, 0.4) is 0 Å². The Kier molecular flexibility index (Phi) is 4.63. The maximum Gasteiger partial charge on any atom is 0.137 e. The summed E-state index contributed by atoms with van der Waals surface area (Å²) in [6, 6.07) is 14.7. The van der Waals surface area contributed by atoms with Crippen LogP contribution in [0.15, 0.2) is 54.9 Å². The van der Waals surface area contributed by atoms with Gasteiger partial charge in [0.05, 0.1) is 18.3 Å². The zero-order chi connectivity index (χ0) is 19.0. The molecule has 0 saturated heterocycles. The van der Waals surface area contributed by atoms with E-state index in [4.69, 9.17) is 16.3 Å². The van der Waals surface area contributed by atoms with E-state index in [1.807, 2.05) is 12.1 Å². The fourth-order valence-corrected chi connectivity index (χ4v) is 3.81. The maximum absolute atomic E-state index is 6.76. The van der Waals surface area contributed by atoms with Crippen molar-refractivity contribution < 1.29 is 4.74 Å². The molecule has 0 bridgehead atoms. The molecule has 0 spiro atoms. The fraction of sp³-hybridized carbons (Fsp3) is 0.174. The van der Waals surface area contributed by atoms with E-state index in [0.717, 1.165) is 34.1 Å². The maximum atomic E-state index is 6.76. The van der Waals surface area contributed by atoms with Gasteiger partial charge in [0.25, 0.3) is 0 Å². The predicted octanol–water partition coefficient (Wildman–Crippen LogP) is 6.43. The largest absolute Gasteiger partial charge is 0.495 e. The van der Waals surface area contributed by atoms with E-state index in [2.05, 4.69) is 54.1 Å². The molecule has 2 heterocycles. The van der Waals surface area contributed by atoms with Gasteiger partial charge in [-0.1, -0.05) is 36.7 Å². The zero-order valence-corrected chi connectivity index (χ0v) is 16.4. The summed E-state index contributed by atoms with van der Waals surface area (Å²) in [5.41, 5.74) is 7.82. The summed E-state index contributed by atoms with van der Waals surface area (Å²) < 4.78 is 5.28. The summed E-state index contributed by atoms with van der Waals surface area (Å²) in [7, 11) is 1.63. The number of fused-ring (bicyclic) bond motifs is 1. The van der Waals surface area contributed by atoms with E-state index in [0.29, 0.717) is 10.8 Å². The fourth-order valence-electron chi connectivity index (χ4n) is 3.48. The smallest absolute Gasteiger partial charge is 0.137 e. The first-order chi connectivity index (χ1) is 13.1. The van der Waals surface area contributed by atoms with Gasteiger partial charge in [-0.15, -0.1) is 0 Å². The van der Waals surface area contributed by atoms with Crippen molar-refractivity contribution >= 4 is 22.5 Å². The molecule has 4 heteroatoms. The second kappa shape index (κ2) is 7.09. The average molecular weight is 377 g/mol. The van der Waals surface area contributed by atoms with Gasteiger partial charge in [-0.3, -0.25) is 4.98 Å². The number of aryl methyl sites for hydroxylation is 2. The summed E-state index contributed by atoms with van der Waals surface area (Å²) >= 11 is 6.76. The van der Waals surface area contributed by atoms with Gasteiger partial charge in [-0.25, -0.2) is 0 Å². The lowest BCUT2D eigenvalue weighted by Crippen LogP contribution is -1.87. The van der Waals surface area contributed by atoms with E-state index in [9.17, 15) is 0 Å². The molecule has 0 radical (unpaired) electrons. The number of aromatic amines is 1. The van der Waals surface area contributed by atoms with Crippen LogP contribution in [0, 0.1) is 6.92 Å². The second-order valence-electron chi connectivity index (χ2n) is 6.68. The molecule has 0 unspecified atom stereocenters. The van der Waals surface area contributed by atoms with E-state index in [1.165, 1.54) is 16.7 Å². The normalized spacial score (nSPS) is 11.1. The third-order valence-electron chi connectivity index (χ3n) is 5.03. The number of methoxy groups -OCH3 is 1. The van der Waals surface area contributed by atoms with Crippen molar-refractivity contribution in [1.82, 2.24) is 9.97 Å². The molecule has 4 rings (SSSR count). The molecule has 0 saturated carbocycles. The Bertz CT molecular complexity index is 1130. The number of rotatable bonds is 4. The molecular formula is C23H21ClN2O. The van der Waals surface area contributed by atoms with Crippen LogP contribution in [0.25, 0.3) is 33.3 Å². The lowest BCUT2D eigenvalue weighted by atomic mass is 10.0. The van der Waals surface area contributed by atoms with Crippen LogP contribution in [0.1, 0.15) is 18.1 Å². The van der Waals surface area contributed by atoms with Crippen LogP contribution in [-0.2, 0) is 6.42 Å². The van der Waals surface area contributed by atoms with Crippen molar-refractivity contribution in [1.29, 1.82) is 0 Å². The number of benzene rings is 2. The molecule has 0 aliphatic heterocycles. The van der Waals surface area contributed by atoms with E-state index < -0.39 is 0 Å². The number of hydrogen-bond acceptors (Lipinski definition) is 2. The first kappa shape index (κ1) is 17.6. The Morgan fingerprint density at radius 1 is 1.04 bits per heavy atom. The number of hydrogen-bond donors (Lipinski definition) is 1. The molecule has 2 aromatic heterocycles. The summed E-state index contributed by atoms with van der Waals surface area (Å²) in [4.78, 5) is 7.73. The Hall–Kier alpha value is -2.78. The topological polar surface area (TPSA) is 37.9 Å². The monoisotopic (exact) mass is 376 g/mol. The number of ether oxygens (including phenoxy) is 1. The average Bonchev–Trinajstić information content (AvgIpc) is 3.13. The van der Waals surface area contributed by atoms with Gasteiger partial charge in [-0.05, 0) is 54.3 Å². The quantitative estimate of drug-likeness (QED) is 0.445. The van der Waals surface area contributed by atoms with Gasteiger partial charge in [-0.2, -0.15) is 0 Å². The SMILES string of the molecule is CCc1ccc(-c2cc3c(Cl)c(-c4cncc(OC)c4)ccc3[nH]2)cc1C. The van der Waals surface area contributed by atoms with Crippen LogP contribution in [0.2, 0.25) is 5.02 Å². The highest BCUT2D eigenvalue weighted by Gasteiger charge is 2.12. The highest BCUT2D eigenvalue weighted by Crippen LogP contribution is 2.37. The first-order valence-corrected chi connectivity index (χ1v) is 9.39. The molecule has 0 fully saturated rings. The number of halogens is 1. The molecule has 27 heavy (non-hydrogen) atoms. The van der Waals surface area contributed by atoms with Crippen molar-refractivity contribution in [2.45, 2.75) is 20.3 Å². The number of pyridine rings is 1. The number of H-pyrrole nitrogens is 1. The third kappa shape index (κ3) is 3.19. The second-order valence-corrected chi connectivity index (χ2v) is 7.06. The van der Waals surface area contributed by atoms with Gasteiger partial charge in [0.15, 0.2) is 0 Å². The predicted molar refractivity (Wildman–Crippen MR) is 113 cm³/mol. The van der Waals surface area contributed by atoms with E-state index in [-0.39, 0.29) is 0 Å². The van der Waals surface area contributed by atoms with Crippen molar-refractivity contribution in [2.75, 3.05) is 7.11 Å². The molecule has 1 N–H and O–H groups in total. The standard InChI is InChI=1S/C23H21ClN2O/c1-4-15-5-6-16(9-14(15)2)22-11-20-21(26-22)8-7-19(23(20)24)17-10-18(27-3)13-25-12-17/h5-13,26H,4H2,1-3H3. The molecular weight excluding hydrogens is 356 g/mol. The van der Waals surface area contributed by atoms with Crippen LogP contribution in [-0.4, -0.2) is 17.1 Å². The van der Waals surface area contributed by atoms with E-state index >= 15 is 0 Å². The molecule has 0 aliphatic rings. The molecule has 2 aromatic carbocycles. The minimum Gasteiger partial charge on any atom is -0.495 e. The van der Waals surface area contributed by atoms with Crippen molar-refractivity contribution in [3.05, 3.63) is 71.0 Å². The number of nitrogens with zero attached hydrogens (tertiary/aromatic N) is 1. The minimum absolute atomic E-state index is 0.713. The first-order valence-electron chi connectivity index (χ1n) is 9.01. The van der Waals surface area contributed by atoms with Gasteiger partial charge in [0.2, 0.25) is 0 Å². The Morgan fingerprint density at radius 2 is 1.89 bits per heavy atom. The Balaban J connectivity index is 1.81. The van der Waals surface area contributed by atoms with Crippen molar-refractivity contribution in [3.63, 3.8) is 0 Å². The molecule has 0 aliphatic carbocycles. The Labute approximate surface area is 164 Å². The van der Waals surface area contributed by atoms with Crippen LogP contribution < -0.4 is 4.74 Å². The van der Waals surface area contributed by atoms with Crippen molar-refractivity contribution in [2.24, 2.45) is 0 Å².